The Morgan fingerprint density at radius 2 is 1.24 bits per heavy atom. The van der Waals surface area contributed by atoms with Gasteiger partial charge in [0.1, 0.15) is 4.83 Å². The van der Waals surface area contributed by atoms with Gasteiger partial charge >= 0.3 is 0 Å². The number of rotatable bonds is 2. The van der Waals surface area contributed by atoms with E-state index in [1.54, 1.807) is 11.1 Å². The topological polar surface area (TPSA) is 9.34 Å². The van der Waals surface area contributed by atoms with Crippen molar-refractivity contribution in [3.8, 4) is 27.3 Å². The van der Waals surface area contributed by atoms with Crippen molar-refractivity contribution in [2.45, 2.75) is 43.9 Å². The maximum absolute atomic E-state index is 2.62. The summed E-state index contributed by atoms with van der Waals surface area (Å²) >= 11 is 2.00. The van der Waals surface area contributed by atoms with Gasteiger partial charge in [0.05, 0.1) is 22.1 Å². The molecule has 4 saturated carbocycles. The molecule has 5 unspecified atom stereocenters. The molecule has 4 bridgehead atoms. The van der Waals surface area contributed by atoms with Crippen LogP contribution in [0, 0.1) is 23.7 Å². The standard InChI is InChI=1S/C55H40N2S/c1-4-15-45-41(12-1)52-42(14-8-16-46(52)55(45)34-21-19-31-25-32(27-34)28-35(55)26-31)50-30-44-39-13-7-9-33-20-23-40-43-29-36(22-24-49(43)57(54(44)58-50)53(40)51(33)39)56-47-17-5-2-10-37(47)38-11-3-6-18-48(38)56/h1-18,20,22-24,29-32,34-35H,19,21,25-28H2. The Bertz CT molecular complexity index is 3510. The predicted molar refractivity (Wildman–Crippen MR) is 244 cm³/mol. The second-order valence-electron chi connectivity index (χ2n) is 18.4. The van der Waals surface area contributed by atoms with Crippen molar-refractivity contribution in [3.63, 3.8) is 0 Å². The molecule has 5 aliphatic rings. The van der Waals surface area contributed by atoms with Crippen LogP contribution in [0.2, 0.25) is 0 Å². The van der Waals surface area contributed by atoms with Crippen molar-refractivity contribution in [2.24, 2.45) is 23.7 Å². The van der Waals surface area contributed by atoms with E-state index >= 15 is 0 Å². The van der Waals surface area contributed by atoms with E-state index in [-0.39, 0.29) is 5.41 Å². The van der Waals surface area contributed by atoms with Crippen molar-refractivity contribution in [1.29, 1.82) is 0 Å². The molecule has 2 nitrogen and oxygen atoms in total. The van der Waals surface area contributed by atoms with Crippen molar-refractivity contribution in [1.82, 2.24) is 8.97 Å². The molecule has 5 atom stereocenters. The number of benzene rings is 7. The molecule has 7 aromatic carbocycles. The Hall–Kier alpha value is -5.90. The lowest BCUT2D eigenvalue weighted by atomic mass is 9.51. The third kappa shape index (κ3) is 3.64. The molecule has 4 heterocycles. The van der Waals surface area contributed by atoms with Crippen LogP contribution in [-0.4, -0.2) is 8.97 Å². The number of hydrogen-bond acceptors (Lipinski definition) is 1. The number of para-hydroxylation sites is 2. The van der Waals surface area contributed by atoms with E-state index in [9.17, 15) is 0 Å². The lowest BCUT2D eigenvalue weighted by molar-refractivity contribution is 0.0618. The summed E-state index contributed by atoms with van der Waals surface area (Å²) in [6, 6.07) is 56.2. The van der Waals surface area contributed by atoms with Crippen molar-refractivity contribution < 1.29 is 0 Å². The molecule has 0 saturated heterocycles. The van der Waals surface area contributed by atoms with Crippen LogP contribution >= 0.6 is 11.3 Å². The molecule has 4 fully saturated rings. The quantitative estimate of drug-likeness (QED) is 0.166. The molecule has 276 valence electrons. The van der Waals surface area contributed by atoms with Gasteiger partial charge in [-0.3, -0.25) is 4.40 Å². The molecule has 5 aliphatic carbocycles. The fraction of sp³-hybridized carbons (Fsp3) is 0.200. The van der Waals surface area contributed by atoms with Crippen LogP contribution in [0.1, 0.15) is 49.7 Å². The molecule has 16 rings (SSSR count). The number of pyridine rings is 1. The van der Waals surface area contributed by atoms with E-state index in [1.807, 2.05) is 11.3 Å². The number of fused-ring (bicyclic) bond motifs is 13. The number of nitrogens with zero attached hydrogens (tertiary/aromatic N) is 2. The van der Waals surface area contributed by atoms with Crippen molar-refractivity contribution >= 4 is 81.3 Å². The van der Waals surface area contributed by atoms with E-state index in [4.69, 9.17) is 0 Å². The van der Waals surface area contributed by atoms with Crippen LogP contribution in [0.4, 0.5) is 0 Å². The van der Waals surface area contributed by atoms with Gasteiger partial charge in [0.2, 0.25) is 0 Å². The van der Waals surface area contributed by atoms with Gasteiger partial charge in [0, 0.05) is 48.3 Å². The van der Waals surface area contributed by atoms with Crippen LogP contribution in [0.25, 0.3) is 97.2 Å². The zero-order valence-corrected chi connectivity index (χ0v) is 33.0. The summed E-state index contributed by atoms with van der Waals surface area (Å²) in [7, 11) is 0. The Morgan fingerprint density at radius 1 is 0.500 bits per heavy atom. The summed E-state index contributed by atoms with van der Waals surface area (Å²) in [6.07, 6.45) is 8.54. The van der Waals surface area contributed by atoms with E-state index in [0.29, 0.717) is 0 Å². The molecular weight excluding hydrogens is 721 g/mol. The Morgan fingerprint density at radius 3 is 2.14 bits per heavy atom. The van der Waals surface area contributed by atoms with Crippen LogP contribution < -0.4 is 0 Å². The average molecular weight is 761 g/mol. The molecule has 1 spiro atoms. The van der Waals surface area contributed by atoms with Gasteiger partial charge in [0.25, 0.3) is 0 Å². The van der Waals surface area contributed by atoms with Crippen molar-refractivity contribution in [2.75, 3.05) is 0 Å². The molecule has 11 aromatic rings. The maximum Gasteiger partial charge on any atom is 0.109 e. The third-order valence-corrected chi connectivity index (χ3v) is 17.1. The zero-order chi connectivity index (χ0) is 37.4. The summed E-state index contributed by atoms with van der Waals surface area (Å²) in [5.74, 6) is 3.36. The SMILES string of the molecule is c1ccc2c(c1)-c1c(-c3cc4c5cccc6ccc7c8cc(-n9c%10ccccc%10c%10ccccc%109)ccc8n(c4s3)c7c65)cccc1C21C2CCC3CC(C2)CC1C3. The highest BCUT2D eigenvalue weighted by Crippen LogP contribution is 2.68. The Balaban J connectivity index is 1.00. The largest absolute Gasteiger partial charge is 0.309 e. The second-order valence-corrected chi connectivity index (χ2v) is 19.4. The highest BCUT2D eigenvalue weighted by atomic mass is 32.1. The molecule has 3 heteroatoms. The van der Waals surface area contributed by atoms with Gasteiger partial charge in [-0.15, -0.1) is 11.3 Å². The highest BCUT2D eigenvalue weighted by Gasteiger charge is 2.59. The first-order valence-electron chi connectivity index (χ1n) is 21.6. The zero-order valence-electron chi connectivity index (χ0n) is 32.2. The summed E-state index contributed by atoms with van der Waals surface area (Å²) in [5, 5.41) is 10.6. The fourth-order valence-electron chi connectivity index (χ4n) is 14.1. The third-order valence-electron chi connectivity index (χ3n) is 15.9. The summed E-state index contributed by atoms with van der Waals surface area (Å²) in [4.78, 5) is 2.73. The monoisotopic (exact) mass is 760 g/mol. The van der Waals surface area contributed by atoms with Gasteiger partial charge < -0.3 is 4.57 Å². The van der Waals surface area contributed by atoms with Crippen LogP contribution in [-0.2, 0) is 5.41 Å². The first kappa shape index (κ1) is 31.1. The van der Waals surface area contributed by atoms with E-state index < -0.39 is 0 Å². The predicted octanol–water partition coefficient (Wildman–Crippen LogP) is 14.9. The highest BCUT2D eigenvalue weighted by molar-refractivity contribution is 7.22. The van der Waals surface area contributed by atoms with Crippen LogP contribution in [0.5, 0.6) is 0 Å². The summed E-state index contributed by atoms with van der Waals surface area (Å²) < 4.78 is 5.08. The molecule has 4 aromatic heterocycles. The Labute approximate surface area is 340 Å². The molecule has 0 N–H and O–H groups in total. The van der Waals surface area contributed by atoms with E-state index in [2.05, 4.69) is 155 Å². The number of thiophene rings is 1. The average Bonchev–Trinajstić information content (AvgIpc) is 3.98. The van der Waals surface area contributed by atoms with Crippen LogP contribution in [0.15, 0.2) is 146 Å². The number of hydrogen-bond donors (Lipinski definition) is 0. The minimum absolute atomic E-state index is 0.156. The van der Waals surface area contributed by atoms with Crippen LogP contribution in [0.3, 0.4) is 0 Å². The van der Waals surface area contributed by atoms with Gasteiger partial charge in [0.15, 0.2) is 0 Å². The maximum atomic E-state index is 2.62. The molecule has 0 amide bonds. The minimum atomic E-state index is 0.156. The molecular formula is C55H40N2S. The lowest BCUT2D eigenvalue weighted by Gasteiger charge is -2.53. The second kappa shape index (κ2) is 10.8. The number of aromatic nitrogens is 2. The normalized spacial score (nSPS) is 23.5. The van der Waals surface area contributed by atoms with E-state index in [0.717, 1.165) is 23.7 Å². The first-order chi connectivity index (χ1) is 28.7. The summed E-state index contributed by atoms with van der Waals surface area (Å²) in [5.41, 5.74) is 14.2. The smallest absolute Gasteiger partial charge is 0.109 e. The summed E-state index contributed by atoms with van der Waals surface area (Å²) in [6.45, 7) is 0. The molecule has 0 radical (unpaired) electrons. The first-order valence-corrected chi connectivity index (χ1v) is 22.4. The fourth-order valence-corrected chi connectivity index (χ4v) is 15.3. The van der Waals surface area contributed by atoms with Crippen molar-refractivity contribution in [3.05, 3.63) is 157 Å². The molecule has 0 aliphatic heterocycles. The van der Waals surface area contributed by atoms with Gasteiger partial charge in [-0.1, -0.05) is 116 Å². The minimum Gasteiger partial charge on any atom is -0.309 e. The Kier molecular flexibility index (Phi) is 5.78. The molecule has 58 heavy (non-hydrogen) atoms. The van der Waals surface area contributed by atoms with Gasteiger partial charge in [-0.05, 0) is 131 Å². The lowest BCUT2D eigenvalue weighted by Crippen LogP contribution is -2.48. The van der Waals surface area contributed by atoms with E-state index in [1.165, 1.54) is 136 Å². The van der Waals surface area contributed by atoms with Gasteiger partial charge in [-0.2, -0.15) is 0 Å². The van der Waals surface area contributed by atoms with Gasteiger partial charge in [-0.25, -0.2) is 0 Å².